The second kappa shape index (κ2) is 32.0. The van der Waals surface area contributed by atoms with Crippen LogP contribution in [0.4, 0.5) is 0 Å². The SMILES string of the molecule is C.C.CP(CN)(c1ccccc1)(c1ccccc1)c1ccccc1.CP(COc1ccccc1)c1ccccc1.Cc1ccc([I+]c2ccc(C(C)C)cc2)cc1.Cc1ccc([I+]c2ccc(CC(C)C)cc2)cc1. The van der Waals surface area contributed by atoms with Gasteiger partial charge in [0.15, 0.2) is 14.3 Å². The summed E-state index contributed by atoms with van der Waals surface area (Å²) in [6.45, 7) is 15.3. The van der Waals surface area contributed by atoms with E-state index in [1.54, 1.807) is 0 Å². The second-order valence-corrected chi connectivity index (χ2v) is 33.1. The number of aryl methyl sites for hydroxylation is 2. The molecule has 0 saturated carbocycles. The van der Waals surface area contributed by atoms with Gasteiger partial charge in [0, 0.05) is 0 Å². The molecule has 0 spiro atoms. The van der Waals surface area contributed by atoms with Gasteiger partial charge in [0.25, 0.3) is 0 Å². The van der Waals surface area contributed by atoms with E-state index in [-0.39, 0.29) is 65.2 Å². The zero-order chi connectivity index (χ0) is 51.9. The maximum absolute atomic E-state index is 6.50. The van der Waals surface area contributed by atoms with E-state index in [9.17, 15) is 0 Å². The van der Waals surface area contributed by atoms with Gasteiger partial charge in [-0.2, -0.15) is 0 Å². The van der Waals surface area contributed by atoms with Crippen molar-refractivity contribution in [2.45, 2.75) is 68.7 Å². The number of halogens is 2. The fraction of sp³-hybridized carbons (Fsp3) is 0.217. The third-order valence-electron chi connectivity index (χ3n) is 12.7. The van der Waals surface area contributed by atoms with E-state index in [4.69, 9.17) is 10.5 Å². The van der Waals surface area contributed by atoms with Crippen molar-refractivity contribution in [3.63, 3.8) is 0 Å². The van der Waals surface area contributed by atoms with E-state index in [0.717, 1.165) is 18.0 Å². The van der Waals surface area contributed by atoms with Gasteiger partial charge < -0.3 is 4.74 Å². The Morgan fingerprint density at radius 2 is 0.787 bits per heavy atom. The van der Waals surface area contributed by atoms with Crippen molar-refractivity contribution in [3.05, 3.63) is 285 Å². The number of para-hydroxylation sites is 1. The predicted octanol–water partition coefficient (Wildman–Crippen LogP) is 10.4. The average molecular weight is 1260 g/mol. The molecule has 1 atom stereocenters. The van der Waals surface area contributed by atoms with E-state index >= 15 is 0 Å². The first-order valence-electron chi connectivity index (χ1n) is 25.3. The van der Waals surface area contributed by atoms with E-state index in [1.165, 1.54) is 64.2 Å². The molecule has 2 N–H and O–H groups in total. The molecule has 0 amide bonds. The first-order chi connectivity index (χ1) is 35.3. The number of hydrogen-bond donors (Lipinski definition) is 1. The zero-order valence-electron chi connectivity index (χ0n) is 44.1. The third kappa shape index (κ3) is 18.9. The first-order valence-corrected chi connectivity index (χ1v) is 34.4. The van der Waals surface area contributed by atoms with Gasteiger partial charge in [0.05, 0.1) is 0 Å². The summed E-state index contributed by atoms with van der Waals surface area (Å²) in [6.07, 6.45) is 2.59. The molecule has 0 aliphatic rings. The van der Waals surface area contributed by atoms with Crippen LogP contribution < -0.4 is 74.1 Å². The Balaban J connectivity index is 0.000000216. The Bertz CT molecular complexity index is 2820. The summed E-state index contributed by atoms with van der Waals surface area (Å²) < 4.78 is 11.7. The number of benzene rings is 9. The summed E-state index contributed by atoms with van der Waals surface area (Å²) in [4.78, 5) is 0. The first kappa shape index (κ1) is 62.6. The molecule has 9 aromatic rings. The fourth-order valence-corrected chi connectivity index (χ4v) is 18.2. The molecule has 0 aliphatic heterocycles. The van der Waals surface area contributed by atoms with Crippen LogP contribution in [0, 0.1) is 34.0 Å². The maximum atomic E-state index is 6.50. The molecule has 0 bridgehead atoms. The molecule has 0 aromatic heterocycles. The van der Waals surface area contributed by atoms with Crippen LogP contribution in [0.5, 0.6) is 5.75 Å². The molecule has 0 aliphatic carbocycles. The van der Waals surface area contributed by atoms with Gasteiger partial charge in [-0.15, -0.1) is 0 Å². The average Bonchev–Trinajstić information content (AvgIpc) is 3.45. The smallest absolute Gasteiger partial charge is 0.357 e. The van der Waals surface area contributed by atoms with Crippen LogP contribution in [0.15, 0.2) is 249 Å². The second-order valence-electron chi connectivity index (χ2n) is 19.3. The summed E-state index contributed by atoms with van der Waals surface area (Å²) in [5, 5.41) is 5.41. The minimum Gasteiger partial charge on any atom is -0.489 e. The van der Waals surface area contributed by atoms with Crippen molar-refractivity contribution in [2.75, 3.05) is 26.0 Å². The van der Waals surface area contributed by atoms with Gasteiger partial charge in [-0.25, -0.2) is 0 Å². The van der Waals surface area contributed by atoms with Crippen molar-refractivity contribution in [3.8, 4) is 5.75 Å². The Hall–Kier alpha value is -4.94. The van der Waals surface area contributed by atoms with E-state index in [1.807, 2.05) is 36.4 Å². The summed E-state index contributed by atoms with van der Waals surface area (Å²) in [7, 11) is -0.222. The van der Waals surface area contributed by atoms with Crippen LogP contribution in [0.25, 0.3) is 0 Å². The number of nitrogens with two attached hydrogens (primary N) is 1. The van der Waals surface area contributed by atoms with Crippen molar-refractivity contribution < 1.29 is 47.1 Å². The van der Waals surface area contributed by atoms with Crippen LogP contribution >= 0.6 is 14.5 Å². The van der Waals surface area contributed by atoms with Gasteiger partial charge in [-0.3, -0.25) is 0 Å². The third-order valence-corrected chi connectivity index (χ3v) is 25.8. The Morgan fingerprint density at radius 3 is 1.13 bits per heavy atom. The molecule has 0 heterocycles. The molecule has 75 heavy (non-hydrogen) atoms. The predicted molar refractivity (Wildman–Crippen MR) is 327 cm³/mol. The van der Waals surface area contributed by atoms with Gasteiger partial charge in [-0.1, -0.05) is 151 Å². The molecule has 1 unspecified atom stereocenters. The van der Waals surface area contributed by atoms with Crippen LogP contribution in [0.2, 0.25) is 0 Å². The van der Waals surface area contributed by atoms with E-state index < -0.39 is 6.60 Å². The van der Waals surface area contributed by atoms with Gasteiger partial charge in [-0.05, 0) is 124 Å². The Kier molecular flexibility index (Phi) is 26.7. The standard InChI is InChI=1S/C20H22NP.C17H20I.C16H18I.C14H15OP.2CH4/c1-22(17-21,18-11-5-2-6-12-18,19-13-7-3-8-14-19)20-15-9-4-10-16-20;1-13(2)12-15-6-10-17(11-7-15)18-16-8-4-14(3)5-9-16;1-12(2)14-6-10-16(11-7-14)17-15-8-4-13(3)5-9-15;1-16(14-10-6-3-7-11-14)12-15-13-8-4-2-5-9-13;;/h2-16H,17,21H2,1H3;4-11,13H,12H2,1-3H3;4-12H,1-3H3;2-11H,12H2,1H3;2*1H4/q;2*+1;;;. The summed E-state index contributed by atoms with van der Waals surface area (Å²) in [5.41, 5.74) is 12.1. The quantitative estimate of drug-likeness (QED) is 0.0820. The summed E-state index contributed by atoms with van der Waals surface area (Å²) in [6, 6.07) is 89.0. The van der Waals surface area contributed by atoms with Crippen molar-refractivity contribution in [1.29, 1.82) is 0 Å². The van der Waals surface area contributed by atoms with Gasteiger partial charge in [0.2, 0.25) is 0 Å². The Morgan fingerprint density at radius 1 is 0.453 bits per heavy atom. The Labute approximate surface area is 476 Å². The zero-order valence-corrected chi connectivity index (χ0v) is 50.2. The largest absolute Gasteiger partial charge is 0.489 e. The summed E-state index contributed by atoms with van der Waals surface area (Å²) in [5.74, 6) is 2.32. The minimum atomic E-state index is -2.62. The normalized spacial score (nSPS) is 11.5. The molecule has 6 heteroatoms. The molecule has 0 fully saturated rings. The van der Waals surface area contributed by atoms with Gasteiger partial charge in [0.1, 0.15) is 12.1 Å². The molecule has 0 radical (unpaired) electrons. The monoisotopic (exact) mass is 1260 g/mol. The number of rotatable bonds is 15. The fourth-order valence-electron chi connectivity index (χ4n) is 8.21. The number of ether oxygens (including phenoxy) is 1. The van der Waals surface area contributed by atoms with E-state index in [0.29, 0.717) is 12.2 Å². The molecular weight excluding hydrogens is 1170 g/mol. The van der Waals surface area contributed by atoms with Crippen molar-refractivity contribution in [2.24, 2.45) is 11.7 Å². The molecule has 2 nitrogen and oxygen atoms in total. The topological polar surface area (TPSA) is 35.2 Å². The van der Waals surface area contributed by atoms with Crippen LogP contribution in [-0.4, -0.2) is 26.0 Å². The van der Waals surface area contributed by atoms with Gasteiger partial charge >= 0.3 is 175 Å². The van der Waals surface area contributed by atoms with Crippen LogP contribution in [0.3, 0.4) is 0 Å². The molecule has 9 aromatic carbocycles. The van der Waals surface area contributed by atoms with E-state index in [2.05, 4.69) is 267 Å². The minimum absolute atomic E-state index is 0. The van der Waals surface area contributed by atoms with Crippen LogP contribution in [0.1, 0.15) is 70.7 Å². The number of hydrogen-bond acceptors (Lipinski definition) is 2. The van der Waals surface area contributed by atoms with Crippen LogP contribution in [-0.2, 0) is 6.42 Å². The van der Waals surface area contributed by atoms with Crippen molar-refractivity contribution in [1.82, 2.24) is 0 Å². The maximum Gasteiger partial charge on any atom is 0.357 e. The molecular formula is C69H83I2NOP2+2. The molecule has 0 saturated heterocycles. The molecule has 9 rings (SSSR count). The van der Waals surface area contributed by atoms with Crippen molar-refractivity contribution >= 4 is 35.7 Å². The molecule has 392 valence electrons. The summed E-state index contributed by atoms with van der Waals surface area (Å²) >= 11 is -0.0346.